The average Bonchev–Trinajstić information content (AvgIpc) is 3.01. The number of ether oxygens (including phenoxy) is 1. The highest BCUT2D eigenvalue weighted by molar-refractivity contribution is 6.42. The summed E-state index contributed by atoms with van der Waals surface area (Å²) in [6.07, 6.45) is 1.34. The monoisotopic (exact) mass is 462 g/mol. The SMILES string of the molecule is CC1NC(CC(=O)Oc2ccccc2)C(O)=C1C(=O)NCCCc1ccc(Cl)c(Cl)c1. The van der Waals surface area contributed by atoms with Crippen molar-refractivity contribution in [1.29, 1.82) is 0 Å². The van der Waals surface area contributed by atoms with Gasteiger partial charge in [0.05, 0.1) is 28.1 Å². The topological polar surface area (TPSA) is 87.7 Å². The van der Waals surface area contributed by atoms with Gasteiger partial charge in [0, 0.05) is 12.6 Å². The second-order valence-corrected chi connectivity index (χ2v) is 8.15. The predicted molar refractivity (Wildman–Crippen MR) is 121 cm³/mol. The van der Waals surface area contributed by atoms with Crippen LogP contribution in [0.4, 0.5) is 0 Å². The molecule has 0 radical (unpaired) electrons. The fraction of sp³-hybridized carbons (Fsp3) is 0.304. The smallest absolute Gasteiger partial charge is 0.313 e. The van der Waals surface area contributed by atoms with Crippen LogP contribution >= 0.6 is 23.2 Å². The maximum Gasteiger partial charge on any atom is 0.313 e. The van der Waals surface area contributed by atoms with Crippen molar-refractivity contribution in [3.05, 3.63) is 75.5 Å². The van der Waals surface area contributed by atoms with Crippen LogP contribution in [0.5, 0.6) is 5.75 Å². The fourth-order valence-corrected chi connectivity index (χ4v) is 3.78. The number of aryl methyl sites for hydroxylation is 1. The van der Waals surface area contributed by atoms with Gasteiger partial charge in [0.25, 0.3) is 5.91 Å². The molecule has 0 bridgehead atoms. The number of hydrogen-bond donors (Lipinski definition) is 3. The van der Waals surface area contributed by atoms with Crippen molar-refractivity contribution >= 4 is 35.1 Å². The number of aliphatic hydroxyl groups excluding tert-OH is 1. The molecule has 31 heavy (non-hydrogen) atoms. The van der Waals surface area contributed by atoms with Crippen LogP contribution < -0.4 is 15.4 Å². The van der Waals surface area contributed by atoms with Crippen molar-refractivity contribution in [2.45, 2.75) is 38.3 Å². The number of esters is 1. The maximum atomic E-state index is 12.6. The number of carbonyl (C=O) groups is 2. The Morgan fingerprint density at radius 2 is 1.87 bits per heavy atom. The van der Waals surface area contributed by atoms with Gasteiger partial charge in [-0.05, 0) is 49.6 Å². The molecule has 3 N–H and O–H groups in total. The summed E-state index contributed by atoms with van der Waals surface area (Å²) in [6.45, 7) is 2.20. The Morgan fingerprint density at radius 3 is 2.58 bits per heavy atom. The van der Waals surface area contributed by atoms with E-state index >= 15 is 0 Å². The van der Waals surface area contributed by atoms with Crippen LogP contribution in [0.3, 0.4) is 0 Å². The summed E-state index contributed by atoms with van der Waals surface area (Å²) in [5.74, 6) is -0.544. The minimum absolute atomic E-state index is 0.0842. The van der Waals surface area contributed by atoms with Crippen LogP contribution in [0.2, 0.25) is 10.0 Å². The van der Waals surface area contributed by atoms with Crippen LogP contribution in [-0.2, 0) is 16.0 Å². The third-order valence-electron chi connectivity index (χ3n) is 4.99. The number of hydrogen-bond acceptors (Lipinski definition) is 5. The van der Waals surface area contributed by atoms with E-state index < -0.39 is 12.0 Å². The van der Waals surface area contributed by atoms with E-state index in [0.717, 1.165) is 12.0 Å². The average molecular weight is 463 g/mol. The summed E-state index contributed by atoms with van der Waals surface area (Å²) >= 11 is 11.9. The molecule has 1 aliphatic heterocycles. The zero-order valence-electron chi connectivity index (χ0n) is 17.0. The first-order valence-corrected chi connectivity index (χ1v) is 10.8. The third-order valence-corrected chi connectivity index (χ3v) is 5.73. The zero-order valence-corrected chi connectivity index (χ0v) is 18.5. The van der Waals surface area contributed by atoms with Gasteiger partial charge in [-0.2, -0.15) is 0 Å². The van der Waals surface area contributed by atoms with Gasteiger partial charge in [-0.25, -0.2) is 0 Å². The summed E-state index contributed by atoms with van der Waals surface area (Å²) in [4.78, 5) is 24.7. The summed E-state index contributed by atoms with van der Waals surface area (Å²) in [6, 6.07) is 13.1. The summed E-state index contributed by atoms with van der Waals surface area (Å²) in [5, 5.41) is 17.4. The van der Waals surface area contributed by atoms with Crippen molar-refractivity contribution < 1.29 is 19.4 Å². The molecule has 1 aliphatic rings. The molecule has 0 saturated heterocycles. The van der Waals surface area contributed by atoms with Crippen LogP contribution in [0.15, 0.2) is 59.9 Å². The summed E-state index contributed by atoms with van der Waals surface area (Å²) in [5.41, 5.74) is 1.27. The van der Waals surface area contributed by atoms with Crippen molar-refractivity contribution in [3.63, 3.8) is 0 Å². The minimum atomic E-state index is -0.664. The van der Waals surface area contributed by atoms with E-state index in [-0.39, 0.29) is 29.7 Å². The Balaban J connectivity index is 1.50. The van der Waals surface area contributed by atoms with Gasteiger partial charge in [-0.15, -0.1) is 0 Å². The molecule has 2 aromatic rings. The molecule has 1 heterocycles. The number of aliphatic hydroxyl groups is 1. The number of halogens is 2. The number of benzene rings is 2. The van der Waals surface area contributed by atoms with Crippen molar-refractivity contribution in [2.75, 3.05) is 6.54 Å². The molecule has 0 aliphatic carbocycles. The van der Waals surface area contributed by atoms with E-state index in [1.165, 1.54) is 0 Å². The predicted octanol–water partition coefficient (Wildman–Crippen LogP) is 4.21. The molecule has 2 unspecified atom stereocenters. The lowest BCUT2D eigenvalue weighted by molar-refractivity contribution is -0.134. The minimum Gasteiger partial charge on any atom is -0.510 e. The first kappa shape index (κ1) is 23.1. The molecule has 8 heteroatoms. The summed E-state index contributed by atoms with van der Waals surface area (Å²) < 4.78 is 5.26. The van der Waals surface area contributed by atoms with Crippen molar-refractivity contribution in [1.82, 2.24) is 10.6 Å². The van der Waals surface area contributed by atoms with Gasteiger partial charge in [-0.3, -0.25) is 14.9 Å². The maximum absolute atomic E-state index is 12.6. The largest absolute Gasteiger partial charge is 0.510 e. The highest BCUT2D eigenvalue weighted by Crippen LogP contribution is 2.24. The van der Waals surface area contributed by atoms with Crippen LogP contribution in [0.1, 0.15) is 25.3 Å². The van der Waals surface area contributed by atoms with Gasteiger partial charge >= 0.3 is 5.97 Å². The molecule has 0 saturated carbocycles. The van der Waals surface area contributed by atoms with Gasteiger partial charge in [-0.1, -0.05) is 47.5 Å². The van der Waals surface area contributed by atoms with E-state index in [2.05, 4.69) is 10.6 Å². The molecule has 0 aromatic heterocycles. The molecular formula is C23H24Cl2N2O4. The van der Waals surface area contributed by atoms with Gasteiger partial charge in [0.1, 0.15) is 11.5 Å². The van der Waals surface area contributed by atoms with E-state index in [1.807, 2.05) is 18.2 Å². The highest BCUT2D eigenvalue weighted by atomic mass is 35.5. The van der Waals surface area contributed by atoms with Gasteiger partial charge in [0.15, 0.2) is 0 Å². The first-order valence-electron chi connectivity index (χ1n) is 10.0. The first-order chi connectivity index (χ1) is 14.8. The molecule has 2 atom stereocenters. The lowest BCUT2D eigenvalue weighted by atomic mass is 10.1. The zero-order chi connectivity index (χ0) is 22.4. The van der Waals surface area contributed by atoms with Crippen LogP contribution in [0, 0.1) is 0 Å². The molecular weight excluding hydrogens is 439 g/mol. The quantitative estimate of drug-likeness (QED) is 0.310. The Hall–Kier alpha value is -2.54. The molecule has 2 aromatic carbocycles. The highest BCUT2D eigenvalue weighted by Gasteiger charge is 2.35. The number of para-hydroxylation sites is 1. The molecule has 0 fully saturated rings. The van der Waals surface area contributed by atoms with Crippen LogP contribution in [-0.4, -0.2) is 35.6 Å². The Bertz CT molecular complexity index is 979. The Labute approximate surface area is 191 Å². The lowest BCUT2D eigenvalue weighted by Crippen LogP contribution is -2.36. The molecule has 0 spiro atoms. The molecule has 6 nitrogen and oxygen atoms in total. The standard InChI is InChI=1S/C23H24Cl2N2O4/c1-14-21(23(30)26-11-5-6-15-9-10-17(24)18(25)12-15)22(29)19(27-14)13-20(28)31-16-7-3-2-4-8-16/h2-4,7-10,12,14,19,27,29H,5-6,11,13H2,1H3,(H,26,30). The Morgan fingerprint density at radius 1 is 1.13 bits per heavy atom. The van der Waals surface area contributed by atoms with E-state index in [1.54, 1.807) is 37.3 Å². The van der Waals surface area contributed by atoms with Crippen molar-refractivity contribution in [2.24, 2.45) is 0 Å². The molecule has 1 amide bonds. The van der Waals surface area contributed by atoms with E-state index in [4.69, 9.17) is 27.9 Å². The fourth-order valence-electron chi connectivity index (χ4n) is 3.46. The second-order valence-electron chi connectivity index (χ2n) is 7.34. The number of amides is 1. The lowest BCUT2D eigenvalue weighted by Gasteiger charge is -2.12. The third kappa shape index (κ3) is 6.23. The van der Waals surface area contributed by atoms with Crippen LogP contribution in [0.25, 0.3) is 0 Å². The van der Waals surface area contributed by atoms with Gasteiger partial charge < -0.3 is 15.2 Å². The van der Waals surface area contributed by atoms with Gasteiger partial charge in [0.2, 0.25) is 0 Å². The molecule has 3 rings (SSSR count). The second kappa shape index (κ2) is 10.7. The normalized spacial score (nSPS) is 18.2. The van der Waals surface area contributed by atoms with Crippen molar-refractivity contribution in [3.8, 4) is 5.75 Å². The van der Waals surface area contributed by atoms with E-state index in [0.29, 0.717) is 28.8 Å². The summed E-state index contributed by atoms with van der Waals surface area (Å²) in [7, 11) is 0. The number of carbonyl (C=O) groups excluding carboxylic acids is 2. The number of nitrogens with one attached hydrogen (secondary N) is 2. The Kier molecular flexibility index (Phi) is 7.96. The number of rotatable bonds is 8. The molecule has 164 valence electrons. The van der Waals surface area contributed by atoms with E-state index in [9.17, 15) is 14.7 Å².